The first kappa shape index (κ1) is 38.5. The van der Waals surface area contributed by atoms with Crippen LogP contribution in [0.25, 0.3) is 0 Å². The normalized spacial score (nSPS) is 30.9. The number of allylic oxidation sites excluding steroid dienone is 3. The van der Waals surface area contributed by atoms with Gasteiger partial charge in [0.1, 0.15) is 0 Å². The molecule has 0 N–H and O–H groups in total. The average molecular weight is 661 g/mol. The van der Waals surface area contributed by atoms with Crippen LogP contribution in [0.2, 0.25) is 36.3 Å². The lowest BCUT2D eigenvalue weighted by Gasteiger charge is -2.45. The summed E-state index contributed by atoms with van der Waals surface area (Å²) in [5.74, 6) is 0.893. The highest BCUT2D eigenvalue weighted by Gasteiger charge is 2.51. The van der Waals surface area contributed by atoms with Crippen molar-refractivity contribution in [3.05, 3.63) is 35.5 Å². The average Bonchev–Trinajstić information content (AvgIpc) is 3.25. The highest BCUT2D eigenvalue weighted by Crippen LogP contribution is 2.58. The van der Waals surface area contributed by atoms with Crippen LogP contribution in [0.3, 0.4) is 0 Å². The van der Waals surface area contributed by atoms with Gasteiger partial charge in [0.25, 0.3) is 0 Å². The van der Waals surface area contributed by atoms with E-state index in [1.165, 1.54) is 31.3 Å². The maximum Gasteiger partial charge on any atom is 0.308 e. The Morgan fingerprint density at radius 1 is 1.02 bits per heavy atom. The van der Waals surface area contributed by atoms with Crippen molar-refractivity contribution < 1.29 is 23.1 Å². The van der Waals surface area contributed by atoms with Crippen molar-refractivity contribution in [3.63, 3.8) is 0 Å². The summed E-state index contributed by atoms with van der Waals surface area (Å²) in [6.07, 6.45) is 13.2. The van der Waals surface area contributed by atoms with Crippen LogP contribution in [0, 0.1) is 17.3 Å². The maximum atomic E-state index is 11.8. The van der Waals surface area contributed by atoms with E-state index in [9.17, 15) is 4.79 Å². The minimum atomic E-state index is -2.00. The van der Waals surface area contributed by atoms with Gasteiger partial charge >= 0.3 is 5.97 Å². The number of carbonyl (C=O) groups is 1. The van der Waals surface area contributed by atoms with Gasteiger partial charge in [-0.05, 0) is 117 Å². The minimum Gasteiger partial charge on any atom is -0.466 e. The number of hydrogen-bond donors (Lipinski definition) is 0. The Morgan fingerprint density at radius 2 is 1.64 bits per heavy atom. The van der Waals surface area contributed by atoms with Crippen LogP contribution in [0.15, 0.2) is 35.5 Å². The van der Waals surface area contributed by atoms with E-state index in [-0.39, 0.29) is 39.8 Å². The fraction of sp³-hybridized carbons (Fsp3) is 0.816. The van der Waals surface area contributed by atoms with Crippen molar-refractivity contribution in [2.24, 2.45) is 17.3 Å². The third-order valence-corrected chi connectivity index (χ3v) is 21.4. The van der Waals surface area contributed by atoms with E-state index >= 15 is 0 Å². The van der Waals surface area contributed by atoms with Crippen LogP contribution in [0.1, 0.15) is 114 Å². The zero-order valence-electron chi connectivity index (χ0n) is 31.4. The van der Waals surface area contributed by atoms with E-state index in [0.717, 1.165) is 24.8 Å². The molecule has 3 aliphatic rings. The quantitative estimate of drug-likeness (QED) is 0.163. The van der Waals surface area contributed by atoms with Gasteiger partial charge in [0.2, 0.25) is 0 Å². The predicted octanol–water partition coefficient (Wildman–Crippen LogP) is 10.5. The minimum absolute atomic E-state index is 0.000788. The van der Waals surface area contributed by atoms with Crippen LogP contribution in [-0.4, -0.2) is 54.1 Å². The van der Waals surface area contributed by atoms with Crippen LogP contribution < -0.4 is 0 Å². The van der Waals surface area contributed by atoms with Gasteiger partial charge in [-0.2, -0.15) is 0 Å². The summed E-state index contributed by atoms with van der Waals surface area (Å²) in [4.78, 5) is 11.8. The Balaban J connectivity index is 1.84. The summed E-state index contributed by atoms with van der Waals surface area (Å²) in [6.45, 7) is 35.4. The summed E-state index contributed by atoms with van der Waals surface area (Å²) in [6, 6.07) is 0. The van der Waals surface area contributed by atoms with Crippen molar-refractivity contribution >= 4 is 22.6 Å². The van der Waals surface area contributed by atoms with Crippen molar-refractivity contribution in [2.75, 3.05) is 13.2 Å². The van der Waals surface area contributed by atoms with E-state index in [4.69, 9.17) is 18.3 Å². The molecule has 0 spiro atoms. The smallest absolute Gasteiger partial charge is 0.308 e. The SMILES string of the molecule is C=C1/C(=C\C=C2\CCC[C@]3(C)[C@@H]([C@H](C)OCCC(=O)OCC)CC[C@@H]23)C[C@@H](O[Si](C)(C)C(C)(C)C)C[C@@H]1O[Si](C)(C)C(C)(C)C. The van der Waals surface area contributed by atoms with Gasteiger partial charge in [0.05, 0.1) is 37.9 Å². The number of carbonyl (C=O) groups excluding carboxylic acids is 1. The van der Waals surface area contributed by atoms with Crippen molar-refractivity contribution in [3.8, 4) is 0 Å². The first-order chi connectivity index (χ1) is 20.6. The molecule has 0 bridgehead atoms. The van der Waals surface area contributed by atoms with E-state index in [1.807, 2.05) is 6.92 Å². The van der Waals surface area contributed by atoms with E-state index < -0.39 is 16.6 Å². The molecular weight excluding hydrogens is 593 g/mol. The molecule has 6 atom stereocenters. The Bertz CT molecular complexity index is 1110. The maximum absolute atomic E-state index is 11.8. The molecule has 3 saturated carbocycles. The standard InChI is InChI=1S/C38H68O5Si2/c1-15-40-35(39)22-24-41-28(3)32-20-21-33-29(17-16-23-38(32,33)10)18-19-30-25-31(42-44(11,12)36(4,5)6)26-34(27(30)2)43-45(13,14)37(7,8)9/h18-19,28,31-34H,2,15-17,20-26H2,1,3-14H3/b29-18-,30-19-/t28-,31+,32+,33-,34-,38+/m0/s1. The molecule has 3 aliphatic carbocycles. The number of hydrogen-bond acceptors (Lipinski definition) is 5. The predicted molar refractivity (Wildman–Crippen MR) is 194 cm³/mol. The number of rotatable bonds is 11. The Morgan fingerprint density at radius 3 is 2.24 bits per heavy atom. The fourth-order valence-corrected chi connectivity index (χ4v) is 10.2. The first-order valence-corrected chi connectivity index (χ1v) is 23.7. The summed E-state index contributed by atoms with van der Waals surface area (Å²) in [7, 11) is -3.94. The molecule has 7 heteroatoms. The van der Waals surface area contributed by atoms with E-state index in [0.29, 0.717) is 31.5 Å². The zero-order valence-corrected chi connectivity index (χ0v) is 33.4. The molecule has 0 aromatic carbocycles. The highest BCUT2D eigenvalue weighted by molar-refractivity contribution is 6.74. The molecular formula is C38H68O5Si2. The molecule has 0 amide bonds. The third-order valence-electron chi connectivity index (χ3n) is 12.3. The second-order valence-electron chi connectivity index (χ2n) is 17.5. The first-order valence-electron chi connectivity index (χ1n) is 17.8. The Hall–Kier alpha value is -0.996. The molecule has 3 fully saturated rings. The largest absolute Gasteiger partial charge is 0.466 e. The van der Waals surface area contributed by atoms with Crippen LogP contribution in [0.5, 0.6) is 0 Å². The lowest BCUT2D eigenvalue weighted by atomic mass is 9.62. The van der Waals surface area contributed by atoms with Crippen molar-refractivity contribution in [2.45, 2.75) is 168 Å². The Labute approximate surface area is 279 Å². The molecule has 0 heterocycles. The molecule has 0 radical (unpaired) electrons. The van der Waals surface area contributed by atoms with E-state index in [1.54, 1.807) is 5.57 Å². The van der Waals surface area contributed by atoms with E-state index in [2.05, 4.69) is 100 Å². The van der Waals surface area contributed by atoms with Crippen molar-refractivity contribution in [1.29, 1.82) is 0 Å². The number of ether oxygens (including phenoxy) is 2. The fourth-order valence-electron chi connectivity index (χ4n) is 7.49. The van der Waals surface area contributed by atoms with Crippen LogP contribution >= 0.6 is 0 Å². The van der Waals surface area contributed by atoms with Gasteiger partial charge in [-0.3, -0.25) is 4.79 Å². The van der Waals surface area contributed by atoms with Gasteiger partial charge in [0, 0.05) is 6.42 Å². The molecule has 0 aliphatic heterocycles. The molecule has 0 saturated heterocycles. The lowest BCUT2D eigenvalue weighted by molar-refractivity contribution is -0.145. The zero-order chi connectivity index (χ0) is 34.0. The molecule has 5 nitrogen and oxygen atoms in total. The molecule has 0 unspecified atom stereocenters. The third kappa shape index (κ3) is 9.13. The molecule has 45 heavy (non-hydrogen) atoms. The molecule has 0 aromatic heterocycles. The van der Waals surface area contributed by atoms with Crippen LogP contribution in [-0.2, 0) is 23.1 Å². The van der Waals surface area contributed by atoms with Gasteiger partial charge in [-0.25, -0.2) is 0 Å². The lowest BCUT2D eigenvalue weighted by Crippen LogP contribution is -2.49. The molecule has 0 aromatic rings. The monoisotopic (exact) mass is 660 g/mol. The summed E-state index contributed by atoms with van der Waals surface area (Å²) in [5.41, 5.74) is 4.26. The van der Waals surface area contributed by atoms with Crippen molar-refractivity contribution in [1.82, 2.24) is 0 Å². The number of esters is 1. The molecule has 258 valence electrons. The number of fused-ring (bicyclic) bond motifs is 1. The Kier molecular flexibility index (Phi) is 12.5. The van der Waals surface area contributed by atoms with Gasteiger partial charge < -0.3 is 18.3 Å². The van der Waals surface area contributed by atoms with Gasteiger partial charge in [-0.1, -0.05) is 72.8 Å². The second kappa shape index (κ2) is 14.6. The van der Waals surface area contributed by atoms with Gasteiger partial charge in [-0.15, -0.1) is 0 Å². The summed E-state index contributed by atoms with van der Waals surface area (Å²) >= 11 is 0. The van der Waals surface area contributed by atoms with Gasteiger partial charge in [0.15, 0.2) is 16.6 Å². The highest BCUT2D eigenvalue weighted by atomic mass is 28.4. The summed E-state index contributed by atoms with van der Waals surface area (Å²) < 4.78 is 25.5. The van der Waals surface area contributed by atoms with Crippen LogP contribution in [0.4, 0.5) is 0 Å². The molecule has 3 rings (SSSR count). The summed E-state index contributed by atoms with van der Waals surface area (Å²) in [5, 5.41) is 0.298. The topological polar surface area (TPSA) is 54.0 Å². The second-order valence-corrected chi connectivity index (χ2v) is 27.0.